The van der Waals surface area contributed by atoms with Gasteiger partial charge in [-0.15, -0.1) is 0 Å². The Balaban J connectivity index is 2.40. The van der Waals surface area contributed by atoms with Crippen LogP contribution in [0.4, 0.5) is 11.5 Å². The molecule has 0 bridgehead atoms. The van der Waals surface area contributed by atoms with Crippen molar-refractivity contribution < 1.29 is 8.42 Å². The van der Waals surface area contributed by atoms with E-state index in [1.807, 2.05) is 0 Å². The summed E-state index contributed by atoms with van der Waals surface area (Å²) in [4.78, 5) is 4.20. The molecule has 0 radical (unpaired) electrons. The second-order valence-corrected chi connectivity index (χ2v) is 7.43. The van der Waals surface area contributed by atoms with Gasteiger partial charge in [0.25, 0.3) is 10.0 Å². The van der Waals surface area contributed by atoms with Gasteiger partial charge in [-0.05, 0) is 59.6 Å². The highest BCUT2D eigenvalue weighted by atomic mass is 79.9. The Bertz CT molecular complexity index is 786. The van der Waals surface area contributed by atoms with Gasteiger partial charge in [0, 0.05) is 4.47 Å². The van der Waals surface area contributed by atoms with Crippen LogP contribution in [0.1, 0.15) is 11.3 Å². The number of aryl methyl sites for hydroxylation is 2. The van der Waals surface area contributed by atoms with Crippen molar-refractivity contribution >= 4 is 49.1 Å². The summed E-state index contributed by atoms with van der Waals surface area (Å²) in [7, 11) is -3.77. The third-order valence-corrected chi connectivity index (χ3v) is 5.52. The average Bonchev–Trinajstić information content (AvgIpc) is 2.39. The summed E-state index contributed by atoms with van der Waals surface area (Å²) in [5.74, 6) is 0.238. The standard InChI is InChI=1S/C13H13BrClN3O2S/c1-7-5-9(6-11(16)13(7)15)21(19,20)18-12-4-3-10(14)8(2)17-12/h3-6H,16H2,1-2H3,(H,17,18). The second kappa shape index (κ2) is 5.82. The number of hydrogen-bond donors (Lipinski definition) is 2. The molecule has 1 aromatic heterocycles. The number of nitrogens with one attached hydrogen (secondary N) is 1. The number of anilines is 2. The molecule has 112 valence electrons. The number of halogens is 2. The highest BCUT2D eigenvalue weighted by molar-refractivity contribution is 9.10. The second-order valence-electron chi connectivity index (χ2n) is 4.51. The van der Waals surface area contributed by atoms with Gasteiger partial charge in [-0.1, -0.05) is 11.6 Å². The van der Waals surface area contributed by atoms with Crippen LogP contribution < -0.4 is 10.5 Å². The Morgan fingerprint density at radius 1 is 1.29 bits per heavy atom. The maximum Gasteiger partial charge on any atom is 0.263 e. The van der Waals surface area contributed by atoms with E-state index in [2.05, 4.69) is 25.6 Å². The van der Waals surface area contributed by atoms with Crippen LogP contribution in [0.2, 0.25) is 5.02 Å². The topological polar surface area (TPSA) is 85.1 Å². The van der Waals surface area contributed by atoms with Crippen LogP contribution in [0, 0.1) is 13.8 Å². The molecule has 0 saturated carbocycles. The lowest BCUT2D eigenvalue weighted by Gasteiger charge is -2.11. The van der Waals surface area contributed by atoms with Crippen molar-refractivity contribution in [3.8, 4) is 0 Å². The molecule has 0 amide bonds. The molecule has 0 aliphatic rings. The minimum atomic E-state index is -3.77. The van der Waals surface area contributed by atoms with E-state index >= 15 is 0 Å². The Labute approximate surface area is 136 Å². The van der Waals surface area contributed by atoms with E-state index in [4.69, 9.17) is 17.3 Å². The van der Waals surface area contributed by atoms with Crippen molar-refractivity contribution in [1.29, 1.82) is 0 Å². The van der Waals surface area contributed by atoms with Crippen LogP contribution in [0.3, 0.4) is 0 Å². The molecule has 2 rings (SSSR count). The first-order chi connectivity index (χ1) is 9.70. The third kappa shape index (κ3) is 3.48. The van der Waals surface area contributed by atoms with E-state index in [9.17, 15) is 8.42 Å². The fraction of sp³-hybridized carbons (Fsp3) is 0.154. The lowest BCUT2D eigenvalue weighted by molar-refractivity contribution is 0.601. The van der Waals surface area contributed by atoms with Crippen LogP contribution in [-0.4, -0.2) is 13.4 Å². The number of benzene rings is 1. The molecule has 5 nitrogen and oxygen atoms in total. The summed E-state index contributed by atoms with van der Waals surface area (Å²) in [5.41, 5.74) is 7.21. The number of rotatable bonds is 3. The van der Waals surface area contributed by atoms with Gasteiger partial charge in [0.15, 0.2) is 0 Å². The first-order valence-electron chi connectivity index (χ1n) is 5.92. The van der Waals surface area contributed by atoms with E-state index in [-0.39, 0.29) is 16.4 Å². The minimum Gasteiger partial charge on any atom is -0.397 e. The maximum absolute atomic E-state index is 12.4. The lowest BCUT2D eigenvalue weighted by Crippen LogP contribution is -2.15. The zero-order valence-corrected chi connectivity index (χ0v) is 14.5. The van der Waals surface area contributed by atoms with Crippen molar-refractivity contribution in [1.82, 2.24) is 4.98 Å². The minimum absolute atomic E-state index is 0.0456. The Kier molecular flexibility index (Phi) is 4.46. The zero-order chi connectivity index (χ0) is 15.8. The van der Waals surface area contributed by atoms with Gasteiger partial charge in [-0.3, -0.25) is 4.72 Å². The molecule has 0 aliphatic carbocycles. The molecule has 0 fully saturated rings. The number of nitrogen functional groups attached to an aromatic ring is 1. The number of nitrogens with two attached hydrogens (primary N) is 1. The number of sulfonamides is 1. The Morgan fingerprint density at radius 3 is 2.52 bits per heavy atom. The van der Waals surface area contributed by atoms with Crippen molar-refractivity contribution in [2.75, 3.05) is 10.5 Å². The number of pyridine rings is 1. The molecular formula is C13H13BrClN3O2S. The average molecular weight is 391 g/mol. The molecule has 8 heteroatoms. The van der Waals surface area contributed by atoms with E-state index in [1.165, 1.54) is 12.1 Å². The number of nitrogens with zero attached hydrogens (tertiary/aromatic N) is 1. The Morgan fingerprint density at radius 2 is 1.95 bits per heavy atom. The highest BCUT2D eigenvalue weighted by Crippen LogP contribution is 2.28. The van der Waals surface area contributed by atoms with Gasteiger partial charge in [-0.2, -0.15) is 0 Å². The van der Waals surface area contributed by atoms with Crippen molar-refractivity contribution in [3.05, 3.63) is 45.0 Å². The fourth-order valence-electron chi connectivity index (χ4n) is 1.72. The monoisotopic (exact) mass is 389 g/mol. The molecule has 1 aromatic carbocycles. The number of aromatic nitrogens is 1. The fourth-order valence-corrected chi connectivity index (χ4v) is 3.17. The molecule has 0 atom stereocenters. The first-order valence-corrected chi connectivity index (χ1v) is 8.57. The van der Waals surface area contributed by atoms with Crippen LogP contribution in [-0.2, 0) is 10.0 Å². The van der Waals surface area contributed by atoms with Gasteiger partial charge in [0.05, 0.1) is 21.3 Å². The summed E-state index contributed by atoms with van der Waals surface area (Å²) in [5, 5.41) is 0.353. The van der Waals surface area contributed by atoms with Crippen molar-refractivity contribution in [2.24, 2.45) is 0 Å². The summed E-state index contributed by atoms with van der Waals surface area (Å²) in [6, 6.07) is 6.08. The van der Waals surface area contributed by atoms with Crippen molar-refractivity contribution in [2.45, 2.75) is 18.7 Å². The SMILES string of the molecule is Cc1cc(S(=O)(=O)Nc2ccc(Br)c(C)n2)cc(N)c1Cl. The van der Waals surface area contributed by atoms with Gasteiger partial charge in [0.1, 0.15) is 5.82 Å². The molecule has 3 N–H and O–H groups in total. The predicted octanol–water partition coefficient (Wildman–Crippen LogP) is 3.50. The van der Waals surface area contributed by atoms with Gasteiger partial charge < -0.3 is 5.73 Å². The smallest absolute Gasteiger partial charge is 0.263 e. The summed E-state index contributed by atoms with van der Waals surface area (Å²) < 4.78 is 27.9. The highest BCUT2D eigenvalue weighted by Gasteiger charge is 2.17. The predicted molar refractivity (Wildman–Crippen MR) is 88.1 cm³/mol. The van der Waals surface area contributed by atoms with E-state index in [1.54, 1.807) is 26.0 Å². The quantitative estimate of drug-likeness (QED) is 0.786. The van der Waals surface area contributed by atoms with Gasteiger partial charge >= 0.3 is 0 Å². The largest absolute Gasteiger partial charge is 0.397 e. The molecule has 0 unspecified atom stereocenters. The van der Waals surface area contributed by atoms with E-state index in [0.717, 1.165) is 4.47 Å². The van der Waals surface area contributed by atoms with E-state index in [0.29, 0.717) is 16.3 Å². The molecule has 0 spiro atoms. The molecule has 0 saturated heterocycles. The molecule has 0 aliphatic heterocycles. The van der Waals surface area contributed by atoms with Crippen LogP contribution in [0.15, 0.2) is 33.6 Å². The van der Waals surface area contributed by atoms with Crippen LogP contribution >= 0.6 is 27.5 Å². The number of hydrogen-bond acceptors (Lipinski definition) is 4. The normalized spacial score (nSPS) is 11.4. The molecule has 1 heterocycles. The van der Waals surface area contributed by atoms with Crippen molar-refractivity contribution in [3.63, 3.8) is 0 Å². The molecule has 2 aromatic rings. The van der Waals surface area contributed by atoms with Crippen LogP contribution in [0.5, 0.6) is 0 Å². The van der Waals surface area contributed by atoms with E-state index < -0.39 is 10.0 Å². The molecular weight excluding hydrogens is 378 g/mol. The maximum atomic E-state index is 12.4. The summed E-state index contributed by atoms with van der Waals surface area (Å²) >= 11 is 9.25. The van der Waals surface area contributed by atoms with Gasteiger partial charge in [0.2, 0.25) is 0 Å². The van der Waals surface area contributed by atoms with Gasteiger partial charge in [-0.25, -0.2) is 13.4 Å². The zero-order valence-electron chi connectivity index (χ0n) is 11.3. The molecule has 21 heavy (non-hydrogen) atoms. The third-order valence-electron chi connectivity index (χ3n) is 2.83. The summed E-state index contributed by atoms with van der Waals surface area (Å²) in [6.45, 7) is 3.46. The van der Waals surface area contributed by atoms with Crippen LogP contribution in [0.25, 0.3) is 0 Å². The first kappa shape index (κ1) is 16.1. The summed E-state index contributed by atoms with van der Waals surface area (Å²) in [6.07, 6.45) is 0. The lowest BCUT2D eigenvalue weighted by atomic mass is 10.2. The Hall–Kier alpha value is -1.31.